The molecule has 2 saturated heterocycles. The first-order chi connectivity index (χ1) is 13.8. The van der Waals surface area contributed by atoms with E-state index in [0.29, 0.717) is 12.8 Å². The van der Waals surface area contributed by atoms with Gasteiger partial charge in [0, 0.05) is 25.9 Å². The van der Waals surface area contributed by atoms with Gasteiger partial charge in [0.05, 0.1) is 12.1 Å². The van der Waals surface area contributed by atoms with E-state index in [4.69, 9.17) is 10.5 Å². The van der Waals surface area contributed by atoms with Gasteiger partial charge in [-0.3, -0.25) is 9.80 Å². The maximum atomic E-state index is 8.74. The Bertz CT molecular complexity index is 594. The van der Waals surface area contributed by atoms with Crippen molar-refractivity contribution in [3.05, 3.63) is 35.4 Å². The molecule has 0 radical (unpaired) electrons. The zero-order valence-electron chi connectivity index (χ0n) is 17.2. The van der Waals surface area contributed by atoms with Crippen molar-refractivity contribution in [2.75, 3.05) is 26.2 Å². The monoisotopic (exact) mass is 378 g/mol. The fraction of sp³-hybridized carbons (Fsp3) is 0.667. The van der Waals surface area contributed by atoms with Crippen molar-refractivity contribution >= 4 is 0 Å². The summed E-state index contributed by atoms with van der Waals surface area (Å²) in [5.41, 5.74) is 2.82. The summed E-state index contributed by atoms with van der Waals surface area (Å²) in [4.78, 5) is 5.12. The zero-order chi connectivity index (χ0) is 19.6. The van der Waals surface area contributed by atoms with Gasteiger partial charge in [0.15, 0.2) is 0 Å². The Kier molecular flexibility index (Phi) is 8.34. The van der Waals surface area contributed by atoms with Crippen LogP contribution in [0.15, 0.2) is 24.3 Å². The Hall–Kier alpha value is -1.88. The quantitative estimate of drug-likeness (QED) is 0.657. The highest BCUT2D eigenvalue weighted by Gasteiger charge is 2.20. The molecular weight excluding hydrogens is 344 g/mol. The van der Waals surface area contributed by atoms with Crippen LogP contribution in [0.1, 0.15) is 62.5 Å². The van der Waals surface area contributed by atoms with Crippen LogP contribution in [0.3, 0.4) is 0 Å². The molecule has 2 aliphatic heterocycles. The van der Waals surface area contributed by atoms with E-state index in [9.17, 15) is 0 Å². The Balaban J connectivity index is 1.38. The van der Waals surface area contributed by atoms with Gasteiger partial charge in [-0.25, -0.2) is 0 Å². The molecular formula is C24H34N4. The van der Waals surface area contributed by atoms with Gasteiger partial charge in [-0.2, -0.15) is 10.5 Å². The molecule has 3 rings (SSSR count). The fourth-order valence-corrected chi connectivity index (χ4v) is 4.67. The molecule has 150 valence electrons. The second kappa shape index (κ2) is 11.2. The molecule has 4 nitrogen and oxygen atoms in total. The molecule has 0 amide bonds. The van der Waals surface area contributed by atoms with Gasteiger partial charge >= 0.3 is 0 Å². The van der Waals surface area contributed by atoms with Gasteiger partial charge in [-0.15, -0.1) is 0 Å². The first kappa shape index (κ1) is 20.8. The van der Waals surface area contributed by atoms with Gasteiger partial charge in [-0.1, -0.05) is 24.3 Å². The number of hydrogen-bond acceptors (Lipinski definition) is 4. The van der Waals surface area contributed by atoms with E-state index in [2.05, 4.69) is 46.2 Å². The van der Waals surface area contributed by atoms with Crippen molar-refractivity contribution in [2.45, 2.75) is 64.5 Å². The van der Waals surface area contributed by atoms with Crippen LogP contribution in [0.25, 0.3) is 0 Å². The fourth-order valence-electron chi connectivity index (χ4n) is 4.67. The molecule has 2 heterocycles. The highest BCUT2D eigenvalue weighted by molar-refractivity contribution is 5.22. The van der Waals surface area contributed by atoms with Crippen LogP contribution < -0.4 is 0 Å². The molecule has 0 atom stereocenters. The summed E-state index contributed by atoms with van der Waals surface area (Å²) in [6.07, 6.45) is 8.54. The third-order valence-electron chi connectivity index (χ3n) is 6.58. The largest absolute Gasteiger partial charge is 0.299 e. The number of nitriles is 2. The molecule has 4 heteroatoms. The van der Waals surface area contributed by atoms with Gasteiger partial charge in [0.25, 0.3) is 0 Å². The summed E-state index contributed by atoms with van der Waals surface area (Å²) in [5, 5.41) is 17.5. The molecule has 1 aromatic rings. The van der Waals surface area contributed by atoms with Crippen molar-refractivity contribution in [3.8, 4) is 12.1 Å². The maximum absolute atomic E-state index is 8.74. The molecule has 0 aliphatic carbocycles. The minimum absolute atomic E-state index is 0.712. The lowest BCUT2D eigenvalue weighted by molar-refractivity contribution is 0.172. The van der Waals surface area contributed by atoms with Crippen LogP contribution in [0, 0.1) is 34.5 Å². The lowest BCUT2D eigenvalue weighted by atomic mass is 9.92. The average Bonchev–Trinajstić information content (AvgIpc) is 2.74. The minimum Gasteiger partial charge on any atom is -0.299 e. The topological polar surface area (TPSA) is 54.1 Å². The van der Waals surface area contributed by atoms with Crippen LogP contribution in [0.4, 0.5) is 0 Å². The minimum atomic E-state index is 0.712. The van der Waals surface area contributed by atoms with Crippen molar-refractivity contribution in [3.63, 3.8) is 0 Å². The molecule has 2 aliphatic rings. The lowest BCUT2D eigenvalue weighted by Gasteiger charge is -2.32. The summed E-state index contributed by atoms with van der Waals surface area (Å²) in [7, 11) is 0. The first-order valence-corrected chi connectivity index (χ1v) is 11.0. The number of hydrogen-bond donors (Lipinski definition) is 0. The number of likely N-dealkylation sites (tertiary alicyclic amines) is 2. The van der Waals surface area contributed by atoms with Gasteiger partial charge < -0.3 is 0 Å². The zero-order valence-corrected chi connectivity index (χ0v) is 17.2. The van der Waals surface area contributed by atoms with Crippen molar-refractivity contribution in [1.82, 2.24) is 9.80 Å². The molecule has 1 aromatic carbocycles. The standard InChI is InChI=1S/C24H34N4/c25-13-1-3-21-9-15-27(16-10-21)19-23-5-7-24(8-6-23)20-28-17-11-22(12-18-28)4-2-14-26/h5-8,21-22H,1-4,9-12,15-20H2. The Morgan fingerprint density at radius 3 is 1.36 bits per heavy atom. The summed E-state index contributed by atoms with van der Waals surface area (Å²) in [5.74, 6) is 1.50. The molecule has 2 fully saturated rings. The number of benzene rings is 1. The average molecular weight is 379 g/mol. The normalized spacial score (nSPS) is 19.9. The van der Waals surface area contributed by atoms with Crippen LogP contribution in [0.2, 0.25) is 0 Å². The molecule has 0 N–H and O–H groups in total. The van der Waals surface area contributed by atoms with Gasteiger partial charge in [-0.05, 0) is 87.7 Å². The SMILES string of the molecule is N#CCCC1CCN(Cc2ccc(CN3CCC(CCC#N)CC3)cc2)CC1. The Morgan fingerprint density at radius 2 is 1.04 bits per heavy atom. The van der Waals surface area contributed by atoms with Crippen LogP contribution >= 0.6 is 0 Å². The highest BCUT2D eigenvalue weighted by Crippen LogP contribution is 2.24. The summed E-state index contributed by atoms with van der Waals surface area (Å²) in [6, 6.07) is 13.8. The molecule has 0 aromatic heterocycles. The van der Waals surface area contributed by atoms with Crippen molar-refractivity contribution in [2.24, 2.45) is 11.8 Å². The molecule has 0 unspecified atom stereocenters. The molecule has 0 spiro atoms. The van der Waals surface area contributed by atoms with E-state index in [1.165, 1.54) is 63.0 Å². The van der Waals surface area contributed by atoms with Crippen molar-refractivity contribution in [1.29, 1.82) is 10.5 Å². The number of piperidine rings is 2. The van der Waals surface area contributed by atoms with Gasteiger partial charge in [0.2, 0.25) is 0 Å². The third-order valence-corrected chi connectivity index (χ3v) is 6.58. The molecule has 28 heavy (non-hydrogen) atoms. The lowest BCUT2D eigenvalue weighted by Crippen LogP contribution is -2.33. The van der Waals surface area contributed by atoms with Crippen LogP contribution in [0.5, 0.6) is 0 Å². The van der Waals surface area contributed by atoms with E-state index in [1.807, 2.05) is 0 Å². The first-order valence-electron chi connectivity index (χ1n) is 11.0. The Morgan fingerprint density at radius 1 is 0.679 bits per heavy atom. The van der Waals surface area contributed by atoms with E-state index in [-0.39, 0.29) is 0 Å². The second-order valence-electron chi connectivity index (χ2n) is 8.65. The Labute approximate surface area is 170 Å². The third kappa shape index (κ3) is 6.62. The smallest absolute Gasteiger partial charge is 0.0621 e. The second-order valence-corrected chi connectivity index (χ2v) is 8.65. The van der Waals surface area contributed by atoms with E-state index in [0.717, 1.165) is 37.8 Å². The predicted molar refractivity (Wildman–Crippen MR) is 112 cm³/mol. The van der Waals surface area contributed by atoms with E-state index >= 15 is 0 Å². The van der Waals surface area contributed by atoms with E-state index in [1.54, 1.807) is 0 Å². The summed E-state index contributed by atoms with van der Waals surface area (Å²) in [6.45, 7) is 6.76. The van der Waals surface area contributed by atoms with Crippen LogP contribution in [-0.2, 0) is 13.1 Å². The maximum Gasteiger partial charge on any atom is 0.0621 e. The summed E-state index contributed by atoms with van der Waals surface area (Å²) < 4.78 is 0. The summed E-state index contributed by atoms with van der Waals surface area (Å²) >= 11 is 0. The predicted octanol–water partition coefficient (Wildman–Crippen LogP) is 4.72. The molecule has 0 saturated carbocycles. The highest BCUT2D eigenvalue weighted by atomic mass is 15.1. The number of rotatable bonds is 8. The van der Waals surface area contributed by atoms with Gasteiger partial charge in [0.1, 0.15) is 0 Å². The van der Waals surface area contributed by atoms with E-state index < -0.39 is 0 Å². The van der Waals surface area contributed by atoms with Crippen molar-refractivity contribution < 1.29 is 0 Å². The number of nitrogens with zero attached hydrogens (tertiary/aromatic N) is 4. The van der Waals surface area contributed by atoms with Crippen LogP contribution in [-0.4, -0.2) is 36.0 Å². The molecule has 0 bridgehead atoms.